The van der Waals surface area contributed by atoms with Crippen LogP contribution in [0, 0.1) is 0 Å². The maximum absolute atomic E-state index is 10.6. The Hall–Kier alpha value is -1.35. The molecule has 0 amide bonds. The molecule has 0 bridgehead atoms. The molecule has 0 aliphatic rings. The molecule has 0 aromatic heterocycles. The number of benzene rings is 1. The third kappa shape index (κ3) is 5.00. The fourth-order valence-corrected chi connectivity index (χ4v) is 1.72. The highest BCUT2D eigenvalue weighted by molar-refractivity contribution is 5.75. The molecule has 0 aliphatic heterocycles. The third-order valence-corrected chi connectivity index (χ3v) is 2.79. The van der Waals surface area contributed by atoms with Crippen molar-refractivity contribution < 1.29 is 9.28 Å². The highest BCUT2D eigenvalue weighted by atomic mass is 16.1. The molecule has 0 saturated heterocycles. The summed E-state index contributed by atoms with van der Waals surface area (Å²) >= 11 is 0. The fourth-order valence-electron chi connectivity index (χ4n) is 1.72. The first-order valence-corrected chi connectivity index (χ1v) is 5.99. The van der Waals surface area contributed by atoms with Crippen LogP contribution in [0.1, 0.15) is 16.8 Å². The van der Waals surface area contributed by atoms with E-state index in [1.807, 2.05) is 24.3 Å². The van der Waals surface area contributed by atoms with E-state index in [0.29, 0.717) is 0 Å². The van der Waals surface area contributed by atoms with Gasteiger partial charge in [-0.1, -0.05) is 0 Å². The molecule has 0 saturated carbocycles. The molecule has 0 atom stereocenters. The molecular formula is C14H23N2O+. The molecule has 3 heteroatoms. The molecule has 1 aromatic carbocycles. The molecule has 0 radical (unpaired) electrons. The van der Waals surface area contributed by atoms with Gasteiger partial charge in [0, 0.05) is 31.3 Å². The van der Waals surface area contributed by atoms with Gasteiger partial charge in [-0.25, -0.2) is 0 Å². The lowest BCUT2D eigenvalue weighted by atomic mass is 10.2. The number of hydrogen-bond acceptors (Lipinski definition) is 2. The van der Waals surface area contributed by atoms with E-state index in [2.05, 4.69) is 33.1 Å². The summed E-state index contributed by atoms with van der Waals surface area (Å²) in [4.78, 5) is 12.8. The first-order chi connectivity index (χ1) is 7.92. The fraction of sp³-hybridized carbons (Fsp3) is 0.500. The van der Waals surface area contributed by atoms with E-state index in [-0.39, 0.29) is 0 Å². The van der Waals surface area contributed by atoms with E-state index in [1.54, 1.807) is 0 Å². The van der Waals surface area contributed by atoms with Crippen LogP contribution in [-0.2, 0) is 0 Å². The minimum absolute atomic E-state index is 0.730. The van der Waals surface area contributed by atoms with Gasteiger partial charge in [0.1, 0.15) is 6.29 Å². The zero-order valence-electron chi connectivity index (χ0n) is 11.3. The maximum atomic E-state index is 10.6. The number of carbonyl (C=O) groups is 1. The van der Waals surface area contributed by atoms with Gasteiger partial charge in [0.2, 0.25) is 0 Å². The van der Waals surface area contributed by atoms with E-state index >= 15 is 0 Å². The summed E-state index contributed by atoms with van der Waals surface area (Å²) in [6.45, 7) is 2.20. The topological polar surface area (TPSA) is 20.3 Å². The second kappa shape index (κ2) is 5.82. The lowest BCUT2D eigenvalue weighted by Crippen LogP contribution is -2.37. The first-order valence-electron chi connectivity index (χ1n) is 5.99. The second-order valence-corrected chi connectivity index (χ2v) is 5.50. The van der Waals surface area contributed by atoms with Gasteiger partial charge in [0.15, 0.2) is 0 Å². The van der Waals surface area contributed by atoms with Gasteiger partial charge in [-0.3, -0.25) is 4.79 Å². The van der Waals surface area contributed by atoms with Crippen LogP contribution in [0.5, 0.6) is 0 Å². The summed E-state index contributed by atoms with van der Waals surface area (Å²) < 4.78 is 0.998. The summed E-state index contributed by atoms with van der Waals surface area (Å²) in [5.74, 6) is 0. The zero-order valence-corrected chi connectivity index (χ0v) is 11.3. The van der Waals surface area contributed by atoms with Crippen LogP contribution < -0.4 is 4.90 Å². The number of carbonyl (C=O) groups excluding carboxylic acids is 1. The van der Waals surface area contributed by atoms with Gasteiger partial charge in [-0.05, 0) is 24.3 Å². The van der Waals surface area contributed by atoms with E-state index in [1.165, 1.54) is 0 Å². The Morgan fingerprint density at radius 1 is 1.18 bits per heavy atom. The normalized spacial score (nSPS) is 11.3. The van der Waals surface area contributed by atoms with E-state index in [0.717, 1.165) is 41.5 Å². The van der Waals surface area contributed by atoms with Crippen molar-refractivity contribution in [1.82, 2.24) is 0 Å². The van der Waals surface area contributed by atoms with Crippen LogP contribution in [0.15, 0.2) is 24.3 Å². The molecule has 0 heterocycles. The number of aldehydes is 1. The summed E-state index contributed by atoms with van der Waals surface area (Å²) in [6, 6.07) is 7.71. The smallest absolute Gasteiger partial charge is 0.150 e. The molecule has 17 heavy (non-hydrogen) atoms. The number of hydrogen-bond donors (Lipinski definition) is 0. The predicted molar refractivity (Wildman–Crippen MR) is 72.6 cm³/mol. The van der Waals surface area contributed by atoms with Crippen LogP contribution in [0.25, 0.3) is 0 Å². The van der Waals surface area contributed by atoms with Crippen LogP contribution in [-0.4, -0.2) is 52.0 Å². The number of quaternary nitrogens is 1. The molecule has 3 nitrogen and oxygen atoms in total. The predicted octanol–water partition coefficient (Wildman–Crippen LogP) is 2.03. The molecule has 0 spiro atoms. The standard InChI is InChI=1S/C14H23N2O/c1-15(10-5-11-16(2,3)4)14-8-6-13(12-17)7-9-14/h6-9,12H,5,10-11H2,1-4H3/q+1. The van der Waals surface area contributed by atoms with Gasteiger partial charge in [0.05, 0.1) is 27.7 Å². The minimum Gasteiger partial charge on any atom is -0.374 e. The van der Waals surface area contributed by atoms with Crippen molar-refractivity contribution in [1.29, 1.82) is 0 Å². The molecule has 1 rings (SSSR count). The van der Waals surface area contributed by atoms with Crippen molar-refractivity contribution in [2.24, 2.45) is 0 Å². The van der Waals surface area contributed by atoms with E-state index in [4.69, 9.17) is 0 Å². The number of anilines is 1. The summed E-state index contributed by atoms with van der Waals surface area (Å²) in [7, 11) is 8.71. The lowest BCUT2D eigenvalue weighted by molar-refractivity contribution is -0.870. The maximum Gasteiger partial charge on any atom is 0.150 e. The Bertz CT molecular complexity index is 351. The number of nitrogens with zero attached hydrogens (tertiary/aromatic N) is 2. The van der Waals surface area contributed by atoms with E-state index < -0.39 is 0 Å². The molecule has 0 N–H and O–H groups in total. The first kappa shape index (κ1) is 13.7. The van der Waals surface area contributed by atoms with Crippen molar-refractivity contribution in [3.8, 4) is 0 Å². The quantitative estimate of drug-likeness (QED) is 0.555. The van der Waals surface area contributed by atoms with Crippen LogP contribution >= 0.6 is 0 Å². The van der Waals surface area contributed by atoms with Crippen molar-refractivity contribution in [2.75, 3.05) is 46.2 Å². The lowest BCUT2D eigenvalue weighted by Gasteiger charge is -2.26. The monoisotopic (exact) mass is 235 g/mol. The van der Waals surface area contributed by atoms with E-state index in [9.17, 15) is 4.79 Å². The Balaban J connectivity index is 2.46. The average molecular weight is 235 g/mol. The van der Waals surface area contributed by atoms with Gasteiger partial charge >= 0.3 is 0 Å². The van der Waals surface area contributed by atoms with Gasteiger partial charge < -0.3 is 9.38 Å². The SMILES string of the molecule is CN(CCC[N+](C)(C)C)c1ccc(C=O)cc1. The van der Waals surface area contributed by atoms with Gasteiger partial charge in [0.25, 0.3) is 0 Å². The largest absolute Gasteiger partial charge is 0.374 e. The highest BCUT2D eigenvalue weighted by Gasteiger charge is 2.07. The third-order valence-electron chi connectivity index (χ3n) is 2.79. The molecule has 0 fully saturated rings. The Labute approximate surface area is 104 Å². The van der Waals surface area contributed by atoms with Crippen LogP contribution in [0.4, 0.5) is 5.69 Å². The van der Waals surface area contributed by atoms with Crippen LogP contribution in [0.3, 0.4) is 0 Å². The van der Waals surface area contributed by atoms with Gasteiger partial charge in [-0.2, -0.15) is 0 Å². The molecule has 1 aromatic rings. The summed E-state index contributed by atoms with van der Waals surface area (Å²) in [5, 5.41) is 0. The van der Waals surface area contributed by atoms with Crippen molar-refractivity contribution in [2.45, 2.75) is 6.42 Å². The minimum atomic E-state index is 0.730. The summed E-state index contributed by atoms with van der Waals surface area (Å²) in [6.07, 6.45) is 2.04. The van der Waals surface area contributed by atoms with Crippen molar-refractivity contribution >= 4 is 12.0 Å². The summed E-state index contributed by atoms with van der Waals surface area (Å²) in [5.41, 5.74) is 1.89. The molecule has 94 valence electrons. The molecule has 0 unspecified atom stereocenters. The van der Waals surface area contributed by atoms with Crippen LogP contribution in [0.2, 0.25) is 0 Å². The molecular weight excluding hydrogens is 212 g/mol. The molecule has 0 aliphatic carbocycles. The Kier molecular flexibility index (Phi) is 4.70. The Morgan fingerprint density at radius 2 is 1.76 bits per heavy atom. The second-order valence-electron chi connectivity index (χ2n) is 5.50. The van der Waals surface area contributed by atoms with Crippen molar-refractivity contribution in [3.05, 3.63) is 29.8 Å². The van der Waals surface area contributed by atoms with Crippen molar-refractivity contribution in [3.63, 3.8) is 0 Å². The highest BCUT2D eigenvalue weighted by Crippen LogP contribution is 2.13. The zero-order chi connectivity index (χ0) is 12.9. The number of rotatable bonds is 6. The Morgan fingerprint density at radius 3 is 2.24 bits per heavy atom. The van der Waals surface area contributed by atoms with Gasteiger partial charge in [-0.15, -0.1) is 0 Å². The average Bonchev–Trinajstić information content (AvgIpc) is 2.27.